The van der Waals surface area contributed by atoms with Crippen LogP contribution in [0.4, 0.5) is 0 Å². The number of thiazole rings is 1. The number of rotatable bonds is 4. The van der Waals surface area contributed by atoms with Gasteiger partial charge in [0, 0.05) is 29.9 Å². The summed E-state index contributed by atoms with van der Waals surface area (Å²) < 4.78 is 0. The van der Waals surface area contributed by atoms with Crippen molar-refractivity contribution < 1.29 is 0 Å². The molecule has 0 saturated heterocycles. The van der Waals surface area contributed by atoms with E-state index in [0.717, 1.165) is 17.2 Å². The number of hydrogen-bond acceptors (Lipinski definition) is 4. The molecule has 1 N–H and O–H groups in total. The van der Waals surface area contributed by atoms with Gasteiger partial charge in [-0.25, -0.2) is 4.98 Å². The molecule has 2 heterocycles. The summed E-state index contributed by atoms with van der Waals surface area (Å²) in [7, 11) is 0. The van der Waals surface area contributed by atoms with E-state index in [4.69, 9.17) is 0 Å². The topological polar surface area (TPSA) is 37.8 Å². The second-order valence-corrected chi connectivity index (χ2v) is 5.89. The molecule has 1 unspecified atom stereocenters. The van der Waals surface area contributed by atoms with Crippen molar-refractivity contribution in [3.8, 4) is 0 Å². The van der Waals surface area contributed by atoms with Crippen LogP contribution in [0.1, 0.15) is 39.7 Å². The Labute approximate surface area is 112 Å². The summed E-state index contributed by atoms with van der Waals surface area (Å²) in [6, 6.07) is 2.49. The minimum atomic E-state index is 0.330. The maximum atomic E-state index is 4.47. The molecule has 2 aromatic rings. The van der Waals surface area contributed by atoms with Gasteiger partial charge in [-0.05, 0) is 38.8 Å². The van der Waals surface area contributed by atoms with E-state index in [1.165, 1.54) is 16.0 Å². The van der Waals surface area contributed by atoms with Gasteiger partial charge in [0.2, 0.25) is 0 Å². The predicted octanol–water partition coefficient (Wildman–Crippen LogP) is 3.31. The first-order valence-corrected chi connectivity index (χ1v) is 6.95. The van der Waals surface area contributed by atoms with Crippen molar-refractivity contribution in [2.45, 2.75) is 40.3 Å². The molecule has 1 atom stereocenters. The second-order valence-electron chi connectivity index (χ2n) is 4.66. The summed E-state index contributed by atoms with van der Waals surface area (Å²) in [6.07, 6.45) is 3.79. The molecule has 2 rings (SSSR count). The van der Waals surface area contributed by atoms with Gasteiger partial charge < -0.3 is 5.32 Å². The van der Waals surface area contributed by atoms with E-state index in [1.807, 2.05) is 12.4 Å². The standard InChI is InChI=1S/C14H19N3S/c1-9-5-13(7-15-6-9)8-16-10(2)14-11(3)17-12(4)18-14/h5-7,10,16H,8H2,1-4H3. The Kier molecular flexibility index (Phi) is 4.09. The summed E-state index contributed by atoms with van der Waals surface area (Å²) in [4.78, 5) is 10.0. The molecule has 0 aromatic carbocycles. The van der Waals surface area contributed by atoms with E-state index >= 15 is 0 Å². The number of aromatic nitrogens is 2. The first-order chi connectivity index (χ1) is 8.56. The predicted molar refractivity (Wildman–Crippen MR) is 75.8 cm³/mol. The number of hydrogen-bond donors (Lipinski definition) is 1. The summed E-state index contributed by atoms with van der Waals surface area (Å²) in [5.74, 6) is 0. The lowest BCUT2D eigenvalue weighted by Gasteiger charge is -2.12. The largest absolute Gasteiger partial charge is 0.305 e. The first-order valence-electron chi connectivity index (χ1n) is 6.14. The highest BCUT2D eigenvalue weighted by Crippen LogP contribution is 2.24. The normalized spacial score (nSPS) is 12.7. The minimum absolute atomic E-state index is 0.330. The third-order valence-electron chi connectivity index (χ3n) is 2.88. The van der Waals surface area contributed by atoms with E-state index < -0.39 is 0 Å². The van der Waals surface area contributed by atoms with Crippen molar-refractivity contribution in [2.24, 2.45) is 0 Å². The van der Waals surface area contributed by atoms with Gasteiger partial charge in [-0.2, -0.15) is 0 Å². The zero-order valence-electron chi connectivity index (χ0n) is 11.3. The molecule has 18 heavy (non-hydrogen) atoms. The van der Waals surface area contributed by atoms with Gasteiger partial charge in [0.1, 0.15) is 0 Å². The summed E-state index contributed by atoms with van der Waals surface area (Å²) >= 11 is 1.77. The zero-order valence-corrected chi connectivity index (χ0v) is 12.1. The lowest BCUT2D eigenvalue weighted by atomic mass is 10.2. The third kappa shape index (κ3) is 3.15. The Hall–Kier alpha value is -1.26. The number of nitrogens with zero attached hydrogens (tertiary/aromatic N) is 2. The fraction of sp³-hybridized carbons (Fsp3) is 0.429. The fourth-order valence-corrected chi connectivity index (χ4v) is 2.98. The van der Waals surface area contributed by atoms with E-state index in [-0.39, 0.29) is 0 Å². The van der Waals surface area contributed by atoms with Gasteiger partial charge in [-0.15, -0.1) is 11.3 Å². The molecule has 96 valence electrons. The Bertz CT molecular complexity index is 534. The molecule has 0 bridgehead atoms. The Balaban J connectivity index is 2.00. The summed E-state index contributed by atoms with van der Waals surface area (Å²) in [6.45, 7) is 9.22. The first kappa shape index (κ1) is 13.2. The molecule has 3 nitrogen and oxygen atoms in total. The Morgan fingerprint density at radius 2 is 2.06 bits per heavy atom. The Morgan fingerprint density at radius 3 is 2.67 bits per heavy atom. The van der Waals surface area contributed by atoms with Gasteiger partial charge in [0.05, 0.1) is 10.7 Å². The van der Waals surface area contributed by atoms with Gasteiger partial charge in [0.15, 0.2) is 0 Å². The third-order valence-corrected chi connectivity index (χ3v) is 4.13. The SMILES string of the molecule is Cc1cncc(CNC(C)c2sc(C)nc2C)c1. The van der Waals surface area contributed by atoms with Crippen LogP contribution in [0.15, 0.2) is 18.5 Å². The number of pyridine rings is 1. The monoisotopic (exact) mass is 261 g/mol. The van der Waals surface area contributed by atoms with Crippen LogP contribution in [0.5, 0.6) is 0 Å². The van der Waals surface area contributed by atoms with Crippen LogP contribution in [0.3, 0.4) is 0 Å². The van der Waals surface area contributed by atoms with E-state index in [9.17, 15) is 0 Å². The van der Waals surface area contributed by atoms with Gasteiger partial charge in [0.25, 0.3) is 0 Å². The smallest absolute Gasteiger partial charge is 0.0900 e. The van der Waals surface area contributed by atoms with Crippen LogP contribution < -0.4 is 5.32 Å². The van der Waals surface area contributed by atoms with Crippen LogP contribution >= 0.6 is 11.3 Å². The Morgan fingerprint density at radius 1 is 1.28 bits per heavy atom. The lowest BCUT2D eigenvalue weighted by molar-refractivity contribution is 0.578. The lowest BCUT2D eigenvalue weighted by Crippen LogP contribution is -2.18. The van der Waals surface area contributed by atoms with Crippen molar-refractivity contribution in [1.82, 2.24) is 15.3 Å². The molecule has 0 fully saturated rings. The molecule has 4 heteroatoms. The van der Waals surface area contributed by atoms with Crippen LogP contribution in [-0.2, 0) is 6.54 Å². The second kappa shape index (κ2) is 5.59. The van der Waals surface area contributed by atoms with E-state index in [1.54, 1.807) is 11.3 Å². The zero-order chi connectivity index (χ0) is 13.1. The highest BCUT2D eigenvalue weighted by Gasteiger charge is 2.12. The molecule has 0 aliphatic rings. The summed E-state index contributed by atoms with van der Waals surface area (Å²) in [5, 5.41) is 4.66. The van der Waals surface area contributed by atoms with Crippen molar-refractivity contribution in [2.75, 3.05) is 0 Å². The van der Waals surface area contributed by atoms with Crippen molar-refractivity contribution in [3.05, 3.63) is 45.2 Å². The van der Waals surface area contributed by atoms with Crippen molar-refractivity contribution >= 4 is 11.3 Å². The maximum absolute atomic E-state index is 4.47. The molecule has 0 aliphatic carbocycles. The average molecular weight is 261 g/mol. The molecule has 0 radical (unpaired) electrons. The van der Waals surface area contributed by atoms with E-state index in [2.05, 4.69) is 49.0 Å². The van der Waals surface area contributed by atoms with Crippen molar-refractivity contribution in [3.63, 3.8) is 0 Å². The fourth-order valence-electron chi connectivity index (χ4n) is 2.03. The highest BCUT2D eigenvalue weighted by atomic mass is 32.1. The molecular weight excluding hydrogens is 242 g/mol. The van der Waals surface area contributed by atoms with Crippen LogP contribution in [0.2, 0.25) is 0 Å². The van der Waals surface area contributed by atoms with Gasteiger partial charge >= 0.3 is 0 Å². The van der Waals surface area contributed by atoms with Crippen LogP contribution in [-0.4, -0.2) is 9.97 Å². The maximum Gasteiger partial charge on any atom is 0.0900 e. The van der Waals surface area contributed by atoms with Crippen LogP contribution in [0.25, 0.3) is 0 Å². The minimum Gasteiger partial charge on any atom is -0.305 e. The molecule has 2 aromatic heterocycles. The van der Waals surface area contributed by atoms with Gasteiger partial charge in [-0.1, -0.05) is 6.07 Å². The number of nitrogens with one attached hydrogen (secondary N) is 1. The van der Waals surface area contributed by atoms with Crippen molar-refractivity contribution in [1.29, 1.82) is 0 Å². The van der Waals surface area contributed by atoms with Crippen LogP contribution in [0, 0.1) is 20.8 Å². The molecule has 0 saturated carbocycles. The molecule has 0 amide bonds. The molecule has 0 aliphatic heterocycles. The summed E-state index contributed by atoms with van der Waals surface area (Å²) in [5.41, 5.74) is 3.56. The quantitative estimate of drug-likeness (QED) is 0.917. The molecular formula is C14H19N3S. The van der Waals surface area contributed by atoms with Gasteiger partial charge in [-0.3, -0.25) is 4.98 Å². The number of aryl methyl sites for hydroxylation is 3. The average Bonchev–Trinajstić information content (AvgIpc) is 2.66. The highest BCUT2D eigenvalue weighted by molar-refractivity contribution is 7.11. The molecule has 0 spiro atoms. The van der Waals surface area contributed by atoms with E-state index in [0.29, 0.717) is 6.04 Å².